The number of carbonyl (C=O) groups is 1. The zero-order chi connectivity index (χ0) is 21.0. The molecule has 0 aliphatic carbocycles. The molecule has 0 bridgehead atoms. The summed E-state index contributed by atoms with van der Waals surface area (Å²) in [5.41, 5.74) is 1.04. The number of amides is 1. The first-order valence-electron chi connectivity index (χ1n) is 9.15. The molecule has 1 N–H and O–H groups in total. The Balaban J connectivity index is 1.76. The molecule has 9 heteroatoms. The van der Waals surface area contributed by atoms with Gasteiger partial charge >= 0.3 is 0 Å². The van der Waals surface area contributed by atoms with E-state index in [-0.39, 0.29) is 22.0 Å². The summed E-state index contributed by atoms with van der Waals surface area (Å²) in [6, 6.07) is 9.62. The fraction of sp³-hybridized carbons (Fsp3) is 0.350. The van der Waals surface area contributed by atoms with Gasteiger partial charge in [0.1, 0.15) is 4.90 Å². The molecule has 0 atom stereocenters. The normalized spacial score (nSPS) is 14.6. The second-order valence-corrected chi connectivity index (χ2v) is 8.94. The van der Waals surface area contributed by atoms with E-state index in [0.29, 0.717) is 24.6 Å². The SMILES string of the molecule is COc1ccc(CNC(=O)c2ccc(Cl)c(S(=O)(=O)N3CCCC3)c2)cc1OC. The molecule has 1 amide bonds. The van der Waals surface area contributed by atoms with Gasteiger partial charge in [-0.15, -0.1) is 0 Å². The highest BCUT2D eigenvalue weighted by atomic mass is 35.5. The zero-order valence-electron chi connectivity index (χ0n) is 16.3. The van der Waals surface area contributed by atoms with E-state index in [0.717, 1.165) is 18.4 Å². The average Bonchev–Trinajstić information content (AvgIpc) is 3.27. The number of sulfonamides is 1. The van der Waals surface area contributed by atoms with Crippen LogP contribution >= 0.6 is 11.6 Å². The van der Waals surface area contributed by atoms with Crippen molar-refractivity contribution in [3.8, 4) is 11.5 Å². The van der Waals surface area contributed by atoms with Crippen LogP contribution < -0.4 is 14.8 Å². The number of ether oxygens (including phenoxy) is 2. The summed E-state index contributed by atoms with van der Waals surface area (Å²) >= 11 is 6.14. The summed E-state index contributed by atoms with van der Waals surface area (Å²) < 4.78 is 37.5. The Morgan fingerprint density at radius 3 is 2.41 bits per heavy atom. The minimum atomic E-state index is -3.72. The standard InChI is InChI=1S/C20H23ClN2O5S/c1-27-17-8-5-14(11-18(17)28-2)13-22-20(24)15-6-7-16(21)19(12-15)29(25,26)23-9-3-4-10-23/h5-8,11-12H,3-4,9-10,13H2,1-2H3,(H,22,24). The molecule has 29 heavy (non-hydrogen) atoms. The molecule has 0 radical (unpaired) electrons. The molecule has 3 rings (SSSR count). The van der Waals surface area contributed by atoms with E-state index in [1.165, 1.54) is 29.6 Å². The molecule has 0 aromatic heterocycles. The molecule has 1 fully saturated rings. The smallest absolute Gasteiger partial charge is 0.251 e. The van der Waals surface area contributed by atoms with Crippen LogP contribution in [0.2, 0.25) is 5.02 Å². The van der Waals surface area contributed by atoms with E-state index in [9.17, 15) is 13.2 Å². The van der Waals surface area contributed by atoms with Crippen molar-refractivity contribution in [3.63, 3.8) is 0 Å². The monoisotopic (exact) mass is 438 g/mol. The Bertz CT molecular complexity index is 1000. The first kappa shape index (κ1) is 21.4. The third-order valence-electron chi connectivity index (χ3n) is 4.78. The van der Waals surface area contributed by atoms with E-state index in [1.54, 1.807) is 19.2 Å². The van der Waals surface area contributed by atoms with Gasteiger partial charge in [0, 0.05) is 25.2 Å². The van der Waals surface area contributed by atoms with Gasteiger partial charge in [-0.05, 0) is 48.7 Å². The molecule has 1 saturated heterocycles. The largest absolute Gasteiger partial charge is 0.493 e. The Hall–Kier alpha value is -2.29. The third kappa shape index (κ3) is 4.66. The van der Waals surface area contributed by atoms with Crippen molar-refractivity contribution in [2.24, 2.45) is 0 Å². The molecule has 0 spiro atoms. The summed E-state index contributed by atoms with van der Waals surface area (Å²) in [4.78, 5) is 12.5. The lowest BCUT2D eigenvalue weighted by molar-refractivity contribution is 0.0950. The van der Waals surface area contributed by atoms with E-state index in [4.69, 9.17) is 21.1 Å². The fourth-order valence-electron chi connectivity index (χ4n) is 3.18. The molecule has 7 nitrogen and oxygen atoms in total. The number of nitrogens with one attached hydrogen (secondary N) is 1. The molecule has 156 valence electrons. The van der Waals surface area contributed by atoms with Crippen LogP contribution in [-0.2, 0) is 16.6 Å². The lowest BCUT2D eigenvalue weighted by atomic mass is 10.1. The lowest BCUT2D eigenvalue weighted by Gasteiger charge is -2.17. The van der Waals surface area contributed by atoms with Crippen molar-refractivity contribution >= 4 is 27.5 Å². The highest BCUT2D eigenvalue weighted by Crippen LogP contribution is 2.29. The number of rotatable bonds is 7. The first-order chi connectivity index (χ1) is 13.9. The second kappa shape index (κ2) is 9.02. The maximum atomic E-state index is 12.8. The maximum Gasteiger partial charge on any atom is 0.251 e. The van der Waals surface area contributed by atoms with Crippen LogP contribution in [-0.4, -0.2) is 45.9 Å². The van der Waals surface area contributed by atoms with Crippen LogP contribution in [0.25, 0.3) is 0 Å². The van der Waals surface area contributed by atoms with Gasteiger partial charge in [-0.3, -0.25) is 4.79 Å². The van der Waals surface area contributed by atoms with Gasteiger partial charge in [0.05, 0.1) is 19.2 Å². The number of benzene rings is 2. The summed E-state index contributed by atoms with van der Waals surface area (Å²) in [5, 5.41) is 2.89. The van der Waals surface area contributed by atoms with Gasteiger partial charge in [0.15, 0.2) is 11.5 Å². The van der Waals surface area contributed by atoms with Crippen molar-refractivity contribution in [2.45, 2.75) is 24.3 Å². The van der Waals surface area contributed by atoms with Gasteiger partial charge in [0.25, 0.3) is 5.91 Å². The minimum Gasteiger partial charge on any atom is -0.493 e. The van der Waals surface area contributed by atoms with E-state index >= 15 is 0 Å². The summed E-state index contributed by atoms with van der Waals surface area (Å²) in [5.74, 6) is 0.760. The molecule has 0 saturated carbocycles. The van der Waals surface area contributed by atoms with Gasteiger partial charge in [0.2, 0.25) is 10.0 Å². The third-order valence-corrected chi connectivity index (χ3v) is 7.16. The maximum absolute atomic E-state index is 12.8. The highest BCUT2D eigenvalue weighted by Gasteiger charge is 2.29. The number of halogens is 1. The predicted octanol–water partition coefficient (Wildman–Crippen LogP) is 3.07. The molecule has 2 aromatic carbocycles. The first-order valence-corrected chi connectivity index (χ1v) is 11.0. The van der Waals surface area contributed by atoms with Crippen molar-refractivity contribution in [3.05, 3.63) is 52.5 Å². The molecule has 1 aliphatic rings. The molecular formula is C20H23ClN2O5S. The van der Waals surface area contributed by atoms with Crippen LogP contribution in [0.5, 0.6) is 11.5 Å². The number of nitrogens with zero attached hydrogens (tertiary/aromatic N) is 1. The van der Waals surface area contributed by atoms with Gasteiger partial charge < -0.3 is 14.8 Å². The summed E-state index contributed by atoms with van der Waals surface area (Å²) in [6.45, 7) is 1.18. The topological polar surface area (TPSA) is 84.9 Å². The van der Waals surface area contributed by atoms with Crippen LogP contribution in [0, 0.1) is 0 Å². The van der Waals surface area contributed by atoms with Gasteiger partial charge in [-0.1, -0.05) is 17.7 Å². The number of hydrogen-bond donors (Lipinski definition) is 1. The van der Waals surface area contributed by atoms with Crippen molar-refractivity contribution < 1.29 is 22.7 Å². The molecular weight excluding hydrogens is 416 g/mol. The van der Waals surface area contributed by atoms with E-state index in [2.05, 4.69) is 5.32 Å². The number of hydrogen-bond acceptors (Lipinski definition) is 5. The summed E-state index contributed by atoms with van der Waals surface area (Å²) in [6.07, 6.45) is 1.64. The fourth-order valence-corrected chi connectivity index (χ4v) is 5.20. The minimum absolute atomic E-state index is 0.0418. The van der Waals surface area contributed by atoms with E-state index < -0.39 is 15.9 Å². The quantitative estimate of drug-likeness (QED) is 0.718. The van der Waals surface area contributed by atoms with Gasteiger partial charge in [-0.25, -0.2) is 8.42 Å². The molecule has 0 unspecified atom stereocenters. The van der Waals surface area contributed by atoms with Crippen LogP contribution in [0.4, 0.5) is 0 Å². The second-order valence-electron chi connectivity index (χ2n) is 6.63. The number of carbonyl (C=O) groups excluding carboxylic acids is 1. The Labute approximate surface area is 175 Å². The predicted molar refractivity (Wildman–Crippen MR) is 110 cm³/mol. The zero-order valence-corrected chi connectivity index (χ0v) is 17.8. The Morgan fingerprint density at radius 1 is 1.07 bits per heavy atom. The molecule has 1 heterocycles. The van der Waals surface area contributed by atoms with Gasteiger partial charge in [-0.2, -0.15) is 4.31 Å². The van der Waals surface area contributed by atoms with Crippen LogP contribution in [0.15, 0.2) is 41.3 Å². The van der Waals surface area contributed by atoms with Crippen LogP contribution in [0.3, 0.4) is 0 Å². The van der Waals surface area contributed by atoms with Crippen molar-refractivity contribution in [2.75, 3.05) is 27.3 Å². The Kier molecular flexibility index (Phi) is 6.66. The lowest BCUT2D eigenvalue weighted by Crippen LogP contribution is -2.29. The van der Waals surface area contributed by atoms with Crippen LogP contribution in [0.1, 0.15) is 28.8 Å². The Morgan fingerprint density at radius 2 is 1.76 bits per heavy atom. The van der Waals surface area contributed by atoms with E-state index in [1.807, 2.05) is 6.07 Å². The highest BCUT2D eigenvalue weighted by molar-refractivity contribution is 7.89. The molecule has 2 aromatic rings. The van der Waals surface area contributed by atoms with Crippen molar-refractivity contribution in [1.29, 1.82) is 0 Å². The average molecular weight is 439 g/mol. The van der Waals surface area contributed by atoms with Crippen molar-refractivity contribution in [1.82, 2.24) is 9.62 Å². The summed E-state index contributed by atoms with van der Waals surface area (Å²) in [7, 11) is -0.631. The number of methoxy groups -OCH3 is 2. The molecule has 1 aliphatic heterocycles.